The summed E-state index contributed by atoms with van der Waals surface area (Å²) in [5.74, 6) is 0.276. The molecule has 0 aliphatic heterocycles. The molecule has 0 bridgehead atoms. The van der Waals surface area contributed by atoms with Gasteiger partial charge in [-0.25, -0.2) is 0 Å². The van der Waals surface area contributed by atoms with E-state index in [4.69, 9.17) is 4.18 Å². The molecule has 0 amide bonds. The number of benzene rings is 2. The van der Waals surface area contributed by atoms with Crippen LogP contribution in [-0.4, -0.2) is 8.42 Å². The van der Waals surface area contributed by atoms with Crippen LogP contribution in [0.2, 0.25) is 0 Å². The molecule has 2 rings (SSSR count). The van der Waals surface area contributed by atoms with E-state index in [1.54, 1.807) is 42.5 Å². The standard InChI is InChI=1S/C15H14O3S/c1-3-13-6-4-5-7-15(13)18-19(16,17)14-10-8-12(2)9-11-14/h3-11H,1H2,2H3. The van der Waals surface area contributed by atoms with E-state index in [2.05, 4.69) is 6.58 Å². The minimum Gasteiger partial charge on any atom is -0.378 e. The van der Waals surface area contributed by atoms with Crippen molar-refractivity contribution in [3.05, 3.63) is 66.2 Å². The van der Waals surface area contributed by atoms with Gasteiger partial charge in [0.1, 0.15) is 10.6 Å². The summed E-state index contributed by atoms with van der Waals surface area (Å²) in [6, 6.07) is 13.4. The summed E-state index contributed by atoms with van der Waals surface area (Å²) in [7, 11) is -3.81. The zero-order valence-corrected chi connectivity index (χ0v) is 11.4. The zero-order chi connectivity index (χ0) is 13.9. The fourth-order valence-electron chi connectivity index (χ4n) is 1.60. The summed E-state index contributed by atoms with van der Waals surface area (Å²) in [5.41, 5.74) is 1.63. The van der Waals surface area contributed by atoms with Gasteiger partial charge in [-0.15, -0.1) is 0 Å². The maximum atomic E-state index is 12.1. The highest BCUT2D eigenvalue weighted by Gasteiger charge is 2.17. The van der Waals surface area contributed by atoms with Crippen LogP contribution < -0.4 is 4.18 Å². The van der Waals surface area contributed by atoms with Crippen LogP contribution in [0.3, 0.4) is 0 Å². The highest BCUT2D eigenvalue weighted by molar-refractivity contribution is 7.87. The molecule has 2 aromatic carbocycles. The van der Waals surface area contributed by atoms with Gasteiger partial charge in [-0.2, -0.15) is 8.42 Å². The van der Waals surface area contributed by atoms with E-state index >= 15 is 0 Å². The number of para-hydroxylation sites is 1. The molecular formula is C15H14O3S. The van der Waals surface area contributed by atoms with E-state index in [0.29, 0.717) is 5.56 Å². The monoisotopic (exact) mass is 274 g/mol. The van der Waals surface area contributed by atoms with Crippen LogP contribution in [-0.2, 0) is 10.1 Å². The molecule has 0 unspecified atom stereocenters. The zero-order valence-electron chi connectivity index (χ0n) is 10.5. The highest BCUT2D eigenvalue weighted by Crippen LogP contribution is 2.23. The van der Waals surface area contributed by atoms with Crippen molar-refractivity contribution in [3.8, 4) is 5.75 Å². The Hall–Kier alpha value is -2.07. The summed E-state index contributed by atoms with van der Waals surface area (Å²) in [5, 5.41) is 0. The van der Waals surface area contributed by atoms with Crippen molar-refractivity contribution in [1.29, 1.82) is 0 Å². The summed E-state index contributed by atoms with van der Waals surface area (Å²) in [6.07, 6.45) is 1.56. The van der Waals surface area contributed by atoms with Crippen LogP contribution in [0.1, 0.15) is 11.1 Å². The SMILES string of the molecule is C=Cc1ccccc1OS(=O)(=O)c1ccc(C)cc1. The van der Waals surface area contributed by atoms with Crippen LogP contribution in [0.5, 0.6) is 5.75 Å². The molecule has 3 nitrogen and oxygen atoms in total. The van der Waals surface area contributed by atoms with Gasteiger partial charge >= 0.3 is 10.1 Å². The van der Waals surface area contributed by atoms with Gasteiger partial charge in [0.25, 0.3) is 0 Å². The van der Waals surface area contributed by atoms with E-state index in [1.807, 2.05) is 6.92 Å². The lowest BCUT2D eigenvalue weighted by Gasteiger charge is -2.09. The van der Waals surface area contributed by atoms with Gasteiger partial charge in [0, 0.05) is 5.56 Å². The third-order valence-corrected chi connectivity index (χ3v) is 3.90. The maximum absolute atomic E-state index is 12.1. The predicted octanol–water partition coefficient (Wildman–Crippen LogP) is 3.41. The first-order chi connectivity index (χ1) is 9.03. The first kappa shape index (κ1) is 13.4. The second-order valence-electron chi connectivity index (χ2n) is 4.09. The van der Waals surface area contributed by atoms with E-state index in [1.165, 1.54) is 12.1 Å². The third-order valence-electron chi connectivity index (χ3n) is 2.65. The summed E-state index contributed by atoms with van der Waals surface area (Å²) < 4.78 is 29.4. The van der Waals surface area contributed by atoms with E-state index in [-0.39, 0.29) is 10.6 Å². The first-order valence-corrected chi connectivity index (χ1v) is 7.16. The Kier molecular flexibility index (Phi) is 3.71. The molecule has 0 saturated heterocycles. The van der Waals surface area contributed by atoms with Crippen molar-refractivity contribution in [3.63, 3.8) is 0 Å². The molecule has 0 radical (unpaired) electrons. The normalized spacial score (nSPS) is 11.0. The molecule has 0 fully saturated rings. The van der Waals surface area contributed by atoms with Gasteiger partial charge in [0.15, 0.2) is 0 Å². The van der Waals surface area contributed by atoms with Gasteiger partial charge in [-0.05, 0) is 25.1 Å². The van der Waals surface area contributed by atoms with Crippen LogP contribution in [0.15, 0.2) is 60.0 Å². The Morgan fingerprint density at radius 1 is 1.05 bits per heavy atom. The number of hydrogen-bond donors (Lipinski definition) is 0. The van der Waals surface area contributed by atoms with Crippen LogP contribution >= 0.6 is 0 Å². The van der Waals surface area contributed by atoms with Crippen molar-refractivity contribution in [1.82, 2.24) is 0 Å². The average molecular weight is 274 g/mol. The van der Waals surface area contributed by atoms with Crippen LogP contribution in [0.4, 0.5) is 0 Å². The molecule has 0 heterocycles. The molecule has 98 valence electrons. The Bertz CT molecular complexity index is 686. The van der Waals surface area contributed by atoms with Crippen LogP contribution in [0.25, 0.3) is 6.08 Å². The Morgan fingerprint density at radius 2 is 1.68 bits per heavy atom. The molecule has 0 aliphatic rings. The number of aryl methyl sites for hydroxylation is 1. The summed E-state index contributed by atoms with van der Waals surface area (Å²) >= 11 is 0. The van der Waals surface area contributed by atoms with Gasteiger partial charge in [-0.3, -0.25) is 0 Å². The quantitative estimate of drug-likeness (QED) is 0.802. The lowest BCUT2D eigenvalue weighted by Crippen LogP contribution is -2.10. The van der Waals surface area contributed by atoms with Crippen molar-refractivity contribution in [2.24, 2.45) is 0 Å². The van der Waals surface area contributed by atoms with Gasteiger partial charge < -0.3 is 4.18 Å². The number of hydrogen-bond acceptors (Lipinski definition) is 3. The minimum atomic E-state index is -3.81. The van der Waals surface area contributed by atoms with Gasteiger partial charge in [-0.1, -0.05) is 48.6 Å². The molecule has 0 atom stereocenters. The molecule has 0 N–H and O–H groups in total. The van der Waals surface area contributed by atoms with Crippen molar-refractivity contribution >= 4 is 16.2 Å². The smallest absolute Gasteiger partial charge is 0.339 e. The second kappa shape index (κ2) is 5.28. The van der Waals surface area contributed by atoms with E-state index in [9.17, 15) is 8.42 Å². The Labute approximate surface area is 113 Å². The molecular weight excluding hydrogens is 260 g/mol. The average Bonchev–Trinajstić information content (AvgIpc) is 2.39. The summed E-state index contributed by atoms with van der Waals surface area (Å²) in [6.45, 7) is 5.52. The van der Waals surface area contributed by atoms with Gasteiger partial charge in [0.05, 0.1) is 0 Å². The lowest BCUT2D eigenvalue weighted by atomic mass is 10.2. The van der Waals surface area contributed by atoms with Crippen LogP contribution in [0, 0.1) is 6.92 Å². The first-order valence-electron chi connectivity index (χ1n) is 5.75. The highest BCUT2D eigenvalue weighted by atomic mass is 32.2. The molecule has 0 aromatic heterocycles. The Balaban J connectivity index is 2.36. The third kappa shape index (κ3) is 3.03. The molecule has 4 heteroatoms. The fourth-order valence-corrected chi connectivity index (χ4v) is 2.55. The molecule has 0 saturated carbocycles. The van der Waals surface area contributed by atoms with Crippen molar-refractivity contribution in [2.75, 3.05) is 0 Å². The molecule has 2 aromatic rings. The second-order valence-corrected chi connectivity index (χ2v) is 5.64. The topological polar surface area (TPSA) is 43.4 Å². The lowest BCUT2D eigenvalue weighted by molar-refractivity contribution is 0.485. The van der Waals surface area contributed by atoms with Gasteiger partial charge in [0.2, 0.25) is 0 Å². The predicted molar refractivity (Wildman–Crippen MR) is 75.5 cm³/mol. The maximum Gasteiger partial charge on any atom is 0.339 e. The molecule has 19 heavy (non-hydrogen) atoms. The Morgan fingerprint density at radius 3 is 2.32 bits per heavy atom. The largest absolute Gasteiger partial charge is 0.378 e. The fraction of sp³-hybridized carbons (Fsp3) is 0.0667. The van der Waals surface area contributed by atoms with E-state index < -0.39 is 10.1 Å². The number of rotatable bonds is 4. The van der Waals surface area contributed by atoms with E-state index in [0.717, 1.165) is 5.56 Å². The minimum absolute atomic E-state index is 0.136. The molecule has 0 spiro atoms. The van der Waals surface area contributed by atoms with Crippen molar-refractivity contribution in [2.45, 2.75) is 11.8 Å². The van der Waals surface area contributed by atoms with Crippen molar-refractivity contribution < 1.29 is 12.6 Å². The molecule has 0 aliphatic carbocycles. The summed E-state index contributed by atoms with van der Waals surface area (Å²) in [4.78, 5) is 0.136.